The quantitative estimate of drug-likeness (QED) is 0.831. The Morgan fingerprint density at radius 3 is 2.75 bits per heavy atom. The molecule has 1 aliphatic rings. The summed E-state index contributed by atoms with van der Waals surface area (Å²) in [7, 11) is 0. The molecule has 1 heterocycles. The highest BCUT2D eigenvalue weighted by atomic mass is 32.2. The average molecular weight is 241 g/mol. The predicted molar refractivity (Wildman–Crippen MR) is 60.8 cm³/mol. The highest BCUT2D eigenvalue weighted by molar-refractivity contribution is 7.99. The van der Waals surface area contributed by atoms with Gasteiger partial charge in [0, 0.05) is 0 Å². The van der Waals surface area contributed by atoms with E-state index in [1.807, 2.05) is 0 Å². The molecule has 0 aromatic heterocycles. The van der Waals surface area contributed by atoms with Gasteiger partial charge in [-0.15, -0.1) is 11.8 Å². The molecule has 0 amide bonds. The van der Waals surface area contributed by atoms with Gasteiger partial charge in [0.25, 0.3) is 0 Å². The van der Waals surface area contributed by atoms with Gasteiger partial charge in [0.15, 0.2) is 0 Å². The van der Waals surface area contributed by atoms with Gasteiger partial charge in [0.05, 0.1) is 5.37 Å². The van der Waals surface area contributed by atoms with Crippen LogP contribution >= 0.6 is 11.8 Å². The van der Waals surface area contributed by atoms with Crippen LogP contribution in [0.1, 0.15) is 17.4 Å². The Balaban J connectivity index is 2.09. The van der Waals surface area contributed by atoms with Crippen molar-refractivity contribution in [3.63, 3.8) is 0 Å². The van der Waals surface area contributed by atoms with E-state index in [0.29, 0.717) is 6.42 Å². The second kappa shape index (κ2) is 4.84. The number of rotatable bonds is 2. The lowest BCUT2D eigenvalue weighted by atomic mass is 10.1. The predicted octanol–water partition coefficient (Wildman–Crippen LogP) is 2.00. The standard InChI is InChI=1S/C11H12FNO2S/c12-8-3-1-7(2-4-8)10-13-9(11(14)15)5-6-16-10/h1-4,9-10,13H,5-6H2,(H,14,15). The number of halogens is 1. The maximum Gasteiger partial charge on any atom is 0.320 e. The molecule has 2 N–H and O–H groups in total. The van der Waals surface area contributed by atoms with Crippen molar-refractivity contribution >= 4 is 17.7 Å². The molecule has 86 valence electrons. The zero-order valence-electron chi connectivity index (χ0n) is 8.52. The highest BCUT2D eigenvalue weighted by Gasteiger charge is 2.27. The van der Waals surface area contributed by atoms with Crippen LogP contribution in [0.5, 0.6) is 0 Å². The van der Waals surface area contributed by atoms with Gasteiger partial charge in [-0.2, -0.15) is 0 Å². The molecule has 3 nitrogen and oxygen atoms in total. The molecule has 0 spiro atoms. The normalized spacial score (nSPS) is 25.3. The van der Waals surface area contributed by atoms with E-state index in [-0.39, 0.29) is 11.2 Å². The molecule has 2 rings (SSSR count). The van der Waals surface area contributed by atoms with Crippen LogP contribution < -0.4 is 5.32 Å². The van der Waals surface area contributed by atoms with E-state index in [1.165, 1.54) is 12.1 Å². The van der Waals surface area contributed by atoms with Crippen molar-refractivity contribution in [2.75, 3.05) is 5.75 Å². The summed E-state index contributed by atoms with van der Waals surface area (Å²) in [5, 5.41) is 11.9. The number of benzene rings is 1. The average Bonchev–Trinajstić information content (AvgIpc) is 2.30. The Kier molecular flexibility index (Phi) is 3.46. The molecule has 1 aromatic rings. The first-order valence-corrected chi connectivity index (χ1v) is 6.07. The zero-order valence-corrected chi connectivity index (χ0v) is 9.34. The maximum absolute atomic E-state index is 12.7. The Morgan fingerprint density at radius 1 is 1.44 bits per heavy atom. The molecule has 5 heteroatoms. The smallest absolute Gasteiger partial charge is 0.320 e. The lowest BCUT2D eigenvalue weighted by Gasteiger charge is -2.28. The van der Waals surface area contributed by atoms with E-state index in [1.54, 1.807) is 23.9 Å². The number of hydrogen-bond acceptors (Lipinski definition) is 3. The fourth-order valence-electron chi connectivity index (χ4n) is 1.64. The summed E-state index contributed by atoms with van der Waals surface area (Å²) in [5.41, 5.74) is 0.914. The van der Waals surface area contributed by atoms with E-state index < -0.39 is 12.0 Å². The van der Waals surface area contributed by atoms with E-state index >= 15 is 0 Å². The fourth-order valence-corrected chi connectivity index (χ4v) is 2.86. The fraction of sp³-hybridized carbons (Fsp3) is 0.364. The van der Waals surface area contributed by atoms with Crippen molar-refractivity contribution in [1.29, 1.82) is 0 Å². The Morgan fingerprint density at radius 2 is 2.12 bits per heavy atom. The van der Waals surface area contributed by atoms with Gasteiger partial charge in [-0.25, -0.2) is 4.39 Å². The second-order valence-electron chi connectivity index (χ2n) is 3.65. The maximum atomic E-state index is 12.7. The van der Waals surface area contributed by atoms with Crippen LogP contribution in [0.2, 0.25) is 0 Å². The number of hydrogen-bond donors (Lipinski definition) is 2. The Hall–Kier alpha value is -1.07. The van der Waals surface area contributed by atoms with Gasteiger partial charge in [-0.3, -0.25) is 10.1 Å². The zero-order chi connectivity index (χ0) is 11.5. The van der Waals surface area contributed by atoms with Crippen LogP contribution in [-0.4, -0.2) is 22.9 Å². The monoisotopic (exact) mass is 241 g/mol. The van der Waals surface area contributed by atoms with Crippen LogP contribution in [0.15, 0.2) is 24.3 Å². The highest BCUT2D eigenvalue weighted by Crippen LogP contribution is 2.31. The summed E-state index contributed by atoms with van der Waals surface area (Å²) in [4.78, 5) is 10.9. The topological polar surface area (TPSA) is 49.3 Å². The molecule has 16 heavy (non-hydrogen) atoms. The van der Waals surface area contributed by atoms with E-state index in [4.69, 9.17) is 5.11 Å². The van der Waals surface area contributed by atoms with Crippen LogP contribution in [0.4, 0.5) is 4.39 Å². The summed E-state index contributed by atoms with van der Waals surface area (Å²) < 4.78 is 12.7. The van der Waals surface area contributed by atoms with Gasteiger partial charge >= 0.3 is 5.97 Å². The second-order valence-corrected chi connectivity index (χ2v) is 4.86. The molecular weight excluding hydrogens is 229 g/mol. The number of carboxylic acid groups (broad SMARTS) is 1. The summed E-state index contributed by atoms with van der Waals surface area (Å²) in [6.45, 7) is 0. The number of carbonyl (C=O) groups is 1. The first kappa shape index (κ1) is 11.4. The summed E-state index contributed by atoms with van der Waals surface area (Å²) in [6, 6.07) is 5.65. The van der Waals surface area contributed by atoms with Gasteiger partial charge < -0.3 is 5.11 Å². The minimum absolute atomic E-state index is 0.0598. The third kappa shape index (κ3) is 2.54. The summed E-state index contributed by atoms with van der Waals surface area (Å²) >= 11 is 1.65. The van der Waals surface area contributed by atoms with Gasteiger partial charge in [0.1, 0.15) is 11.9 Å². The van der Waals surface area contributed by atoms with E-state index in [0.717, 1.165) is 11.3 Å². The van der Waals surface area contributed by atoms with Crippen LogP contribution in [0, 0.1) is 5.82 Å². The lowest BCUT2D eigenvalue weighted by Crippen LogP contribution is -2.41. The third-order valence-electron chi connectivity index (χ3n) is 2.51. The molecular formula is C11H12FNO2S. The number of carboxylic acids is 1. The molecule has 1 aromatic carbocycles. The molecule has 0 saturated carbocycles. The van der Waals surface area contributed by atoms with Gasteiger partial charge in [0.2, 0.25) is 0 Å². The van der Waals surface area contributed by atoms with Crippen LogP contribution in [0.25, 0.3) is 0 Å². The summed E-state index contributed by atoms with van der Waals surface area (Å²) in [5.74, 6) is -0.307. The van der Waals surface area contributed by atoms with Crippen molar-refractivity contribution < 1.29 is 14.3 Å². The van der Waals surface area contributed by atoms with Crippen LogP contribution in [0.3, 0.4) is 0 Å². The van der Waals surface area contributed by atoms with Crippen molar-refractivity contribution in [3.05, 3.63) is 35.6 Å². The first-order valence-electron chi connectivity index (χ1n) is 5.03. The molecule has 2 atom stereocenters. The SMILES string of the molecule is O=C(O)C1CCSC(c2ccc(F)cc2)N1. The van der Waals surface area contributed by atoms with Gasteiger partial charge in [-0.1, -0.05) is 12.1 Å². The minimum Gasteiger partial charge on any atom is -0.480 e. The van der Waals surface area contributed by atoms with Crippen molar-refractivity contribution in [2.24, 2.45) is 0 Å². The number of nitrogens with one attached hydrogen (secondary N) is 1. The van der Waals surface area contributed by atoms with E-state index in [9.17, 15) is 9.18 Å². The molecule has 0 aliphatic carbocycles. The van der Waals surface area contributed by atoms with Gasteiger partial charge in [-0.05, 0) is 29.9 Å². The largest absolute Gasteiger partial charge is 0.480 e. The van der Waals surface area contributed by atoms with E-state index in [2.05, 4.69) is 5.32 Å². The third-order valence-corrected chi connectivity index (χ3v) is 3.73. The summed E-state index contributed by atoms with van der Waals surface area (Å²) in [6.07, 6.45) is 0.623. The minimum atomic E-state index is -0.826. The number of aliphatic carboxylic acids is 1. The van der Waals surface area contributed by atoms with Crippen molar-refractivity contribution in [1.82, 2.24) is 5.32 Å². The Labute approximate surface area is 97.0 Å². The molecule has 1 saturated heterocycles. The number of thioether (sulfide) groups is 1. The molecule has 0 radical (unpaired) electrons. The lowest BCUT2D eigenvalue weighted by molar-refractivity contribution is -0.139. The molecule has 0 bridgehead atoms. The molecule has 1 fully saturated rings. The van der Waals surface area contributed by atoms with Crippen molar-refractivity contribution in [3.8, 4) is 0 Å². The van der Waals surface area contributed by atoms with Crippen molar-refractivity contribution in [2.45, 2.75) is 17.8 Å². The molecule has 2 unspecified atom stereocenters. The Bertz CT molecular complexity index is 382. The van der Waals surface area contributed by atoms with Crippen LogP contribution in [-0.2, 0) is 4.79 Å². The molecule has 1 aliphatic heterocycles. The first-order chi connectivity index (χ1) is 7.66.